The molecule has 0 aromatic heterocycles. The number of carboxylic acids is 1. The van der Waals surface area contributed by atoms with Gasteiger partial charge in [-0.05, 0) is 61.1 Å². The van der Waals surface area contributed by atoms with E-state index in [9.17, 15) is 9.90 Å². The van der Waals surface area contributed by atoms with E-state index in [0.717, 1.165) is 12.8 Å². The van der Waals surface area contributed by atoms with Crippen LogP contribution in [0.5, 0.6) is 11.5 Å². The Hall–Kier alpha value is -2.00. The number of halogens is 1. The predicted molar refractivity (Wildman–Crippen MR) is 81.6 cm³/mol. The molecule has 0 heterocycles. The number of carbonyl (C=O) groups is 1. The van der Waals surface area contributed by atoms with Gasteiger partial charge in [-0.2, -0.15) is 0 Å². The van der Waals surface area contributed by atoms with Crippen molar-refractivity contribution in [3.63, 3.8) is 0 Å². The number of fused-ring (bicyclic) bond motifs is 1. The zero-order valence-electron chi connectivity index (χ0n) is 11.4. The normalized spacial score (nSPS) is 13.6. The SMILES string of the molecule is O=C(O)c1cccc(Cl)c1Oc1ccc2c(c1)CCCC2. The molecule has 0 spiro atoms. The van der Waals surface area contributed by atoms with Crippen LogP contribution in [0.2, 0.25) is 5.02 Å². The summed E-state index contributed by atoms with van der Waals surface area (Å²) in [5.74, 6) is -0.223. The number of hydrogen-bond donors (Lipinski definition) is 1. The molecular formula is C17H15ClO3. The third-order valence-electron chi connectivity index (χ3n) is 3.74. The van der Waals surface area contributed by atoms with Crippen LogP contribution in [0.25, 0.3) is 0 Å². The van der Waals surface area contributed by atoms with Gasteiger partial charge in [0.1, 0.15) is 11.3 Å². The fourth-order valence-electron chi connectivity index (χ4n) is 2.67. The van der Waals surface area contributed by atoms with Crippen molar-refractivity contribution in [3.05, 3.63) is 58.1 Å². The van der Waals surface area contributed by atoms with Crippen LogP contribution < -0.4 is 4.74 Å². The van der Waals surface area contributed by atoms with Crippen molar-refractivity contribution in [3.8, 4) is 11.5 Å². The summed E-state index contributed by atoms with van der Waals surface area (Å²) in [7, 11) is 0. The number of benzene rings is 2. The van der Waals surface area contributed by atoms with Crippen molar-refractivity contribution in [1.29, 1.82) is 0 Å². The number of aromatic carboxylic acids is 1. The lowest BCUT2D eigenvalue weighted by Crippen LogP contribution is -2.03. The van der Waals surface area contributed by atoms with Gasteiger partial charge in [0.05, 0.1) is 5.02 Å². The van der Waals surface area contributed by atoms with E-state index in [-0.39, 0.29) is 11.3 Å². The molecule has 0 radical (unpaired) electrons. The minimum absolute atomic E-state index is 0.0696. The van der Waals surface area contributed by atoms with Gasteiger partial charge in [-0.1, -0.05) is 23.7 Å². The summed E-state index contributed by atoms with van der Waals surface area (Å²) in [5, 5.41) is 9.52. The minimum atomic E-state index is -1.05. The van der Waals surface area contributed by atoms with Crippen molar-refractivity contribution in [2.24, 2.45) is 0 Å². The number of carboxylic acid groups (broad SMARTS) is 1. The van der Waals surface area contributed by atoms with Crippen LogP contribution in [0.3, 0.4) is 0 Å². The molecule has 0 bridgehead atoms. The molecule has 0 saturated carbocycles. The third-order valence-corrected chi connectivity index (χ3v) is 4.03. The Balaban J connectivity index is 1.95. The maximum absolute atomic E-state index is 11.3. The van der Waals surface area contributed by atoms with E-state index >= 15 is 0 Å². The lowest BCUT2D eigenvalue weighted by atomic mass is 9.92. The van der Waals surface area contributed by atoms with Crippen molar-refractivity contribution < 1.29 is 14.6 Å². The summed E-state index contributed by atoms with van der Waals surface area (Å²) >= 11 is 6.08. The number of para-hydroxylation sites is 1. The summed E-state index contributed by atoms with van der Waals surface area (Å²) < 4.78 is 5.75. The Morgan fingerprint density at radius 2 is 1.86 bits per heavy atom. The molecule has 0 unspecified atom stereocenters. The summed E-state index contributed by atoms with van der Waals surface area (Å²) in [6.45, 7) is 0. The molecular weight excluding hydrogens is 288 g/mol. The Kier molecular flexibility index (Phi) is 3.84. The molecule has 0 atom stereocenters. The Morgan fingerprint density at radius 3 is 2.62 bits per heavy atom. The molecule has 1 aliphatic carbocycles. The molecule has 0 aliphatic heterocycles. The van der Waals surface area contributed by atoms with Crippen molar-refractivity contribution in [2.75, 3.05) is 0 Å². The van der Waals surface area contributed by atoms with E-state index < -0.39 is 5.97 Å². The molecule has 4 heteroatoms. The molecule has 3 nitrogen and oxygen atoms in total. The average Bonchev–Trinajstić information content (AvgIpc) is 2.49. The molecule has 0 saturated heterocycles. The quantitative estimate of drug-likeness (QED) is 0.893. The van der Waals surface area contributed by atoms with Crippen LogP contribution in [-0.4, -0.2) is 11.1 Å². The lowest BCUT2D eigenvalue weighted by Gasteiger charge is -2.17. The summed E-state index contributed by atoms with van der Waals surface area (Å²) in [6.07, 6.45) is 4.55. The van der Waals surface area contributed by atoms with E-state index in [1.807, 2.05) is 12.1 Å². The second kappa shape index (κ2) is 5.78. The molecule has 0 fully saturated rings. The zero-order valence-corrected chi connectivity index (χ0v) is 12.2. The Morgan fingerprint density at radius 1 is 1.10 bits per heavy atom. The van der Waals surface area contributed by atoms with Gasteiger partial charge in [0, 0.05) is 0 Å². The summed E-state index contributed by atoms with van der Waals surface area (Å²) in [6, 6.07) is 10.6. The van der Waals surface area contributed by atoms with E-state index in [2.05, 4.69) is 6.07 Å². The molecule has 2 aromatic carbocycles. The summed E-state index contributed by atoms with van der Waals surface area (Å²) in [4.78, 5) is 11.3. The lowest BCUT2D eigenvalue weighted by molar-refractivity contribution is 0.0694. The van der Waals surface area contributed by atoms with Crippen LogP contribution in [-0.2, 0) is 12.8 Å². The summed E-state index contributed by atoms with van der Waals surface area (Å²) in [5.41, 5.74) is 2.70. The maximum Gasteiger partial charge on any atom is 0.339 e. The second-order valence-corrected chi connectivity index (χ2v) is 5.57. The number of hydrogen-bond acceptors (Lipinski definition) is 2. The largest absolute Gasteiger partial charge is 0.478 e. The highest BCUT2D eigenvalue weighted by molar-refractivity contribution is 6.32. The smallest absolute Gasteiger partial charge is 0.339 e. The number of aryl methyl sites for hydroxylation is 2. The van der Waals surface area contributed by atoms with Crippen molar-refractivity contribution in [1.82, 2.24) is 0 Å². The van der Waals surface area contributed by atoms with Gasteiger partial charge < -0.3 is 9.84 Å². The maximum atomic E-state index is 11.3. The van der Waals surface area contributed by atoms with E-state index in [4.69, 9.17) is 16.3 Å². The van der Waals surface area contributed by atoms with Crippen molar-refractivity contribution in [2.45, 2.75) is 25.7 Å². The topological polar surface area (TPSA) is 46.5 Å². The molecule has 1 N–H and O–H groups in total. The Bertz CT molecular complexity index is 694. The first-order valence-electron chi connectivity index (χ1n) is 6.96. The molecule has 3 rings (SSSR count). The minimum Gasteiger partial charge on any atom is -0.478 e. The van der Waals surface area contributed by atoms with Gasteiger partial charge in [0.15, 0.2) is 5.75 Å². The van der Waals surface area contributed by atoms with Gasteiger partial charge in [-0.15, -0.1) is 0 Å². The van der Waals surface area contributed by atoms with Crippen LogP contribution in [0, 0.1) is 0 Å². The number of rotatable bonds is 3. The highest BCUT2D eigenvalue weighted by Gasteiger charge is 2.16. The van der Waals surface area contributed by atoms with Crippen LogP contribution >= 0.6 is 11.6 Å². The first-order valence-corrected chi connectivity index (χ1v) is 7.34. The van der Waals surface area contributed by atoms with Crippen LogP contribution in [0.1, 0.15) is 34.3 Å². The van der Waals surface area contributed by atoms with Gasteiger partial charge in [-0.25, -0.2) is 4.79 Å². The molecule has 2 aromatic rings. The highest BCUT2D eigenvalue weighted by Crippen LogP contribution is 2.34. The molecule has 21 heavy (non-hydrogen) atoms. The predicted octanol–water partition coefficient (Wildman–Crippen LogP) is 4.71. The monoisotopic (exact) mass is 302 g/mol. The van der Waals surface area contributed by atoms with Gasteiger partial charge in [-0.3, -0.25) is 0 Å². The van der Waals surface area contributed by atoms with Crippen molar-refractivity contribution >= 4 is 17.6 Å². The molecule has 1 aliphatic rings. The van der Waals surface area contributed by atoms with E-state index in [1.54, 1.807) is 12.1 Å². The third kappa shape index (κ3) is 2.88. The highest BCUT2D eigenvalue weighted by atomic mass is 35.5. The molecule has 0 amide bonds. The van der Waals surface area contributed by atoms with Crippen LogP contribution in [0.15, 0.2) is 36.4 Å². The van der Waals surface area contributed by atoms with E-state index in [0.29, 0.717) is 10.8 Å². The van der Waals surface area contributed by atoms with E-state index in [1.165, 1.54) is 30.0 Å². The fraction of sp³-hybridized carbons (Fsp3) is 0.235. The number of ether oxygens (including phenoxy) is 1. The average molecular weight is 303 g/mol. The van der Waals surface area contributed by atoms with Gasteiger partial charge in [0.25, 0.3) is 0 Å². The first kappa shape index (κ1) is 14.0. The Labute approximate surface area is 128 Å². The first-order chi connectivity index (χ1) is 10.1. The zero-order chi connectivity index (χ0) is 14.8. The van der Waals surface area contributed by atoms with Gasteiger partial charge in [0.2, 0.25) is 0 Å². The second-order valence-electron chi connectivity index (χ2n) is 5.16. The fourth-order valence-corrected chi connectivity index (χ4v) is 2.89. The van der Waals surface area contributed by atoms with Gasteiger partial charge >= 0.3 is 5.97 Å². The molecule has 108 valence electrons. The van der Waals surface area contributed by atoms with Crippen LogP contribution in [0.4, 0.5) is 0 Å². The standard InChI is InChI=1S/C17H15ClO3/c18-15-7-3-6-14(17(19)20)16(15)21-13-9-8-11-4-1-2-5-12(11)10-13/h3,6-10H,1-2,4-5H2,(H,19,20).